The molecule has 0 rings (SSSR count). The highest BCUT2D eigenvalue weighted by Gasteiger charge is 2.34. The van der Waals surface area contributed by atoms with E-state index in [0.717, 1.165) is 0 Å². The monoisotopic (exact) mass is 253 g/mol. The van der Waals surface area contributed by atoms with E-state index in [1.165, 1.54) is 0 Å². The minimum atomic E-state index is -3.25. The lowest BCUT2D eigenvalue weighted by Crippen LogP contribution is -2.38. The van der Waals surface area contributed by atoms with Crippen LogP contribution in [0.3, 0.4) is 0 Å². The zero-order valence-electron chi connectivity index (χ0n) is 10.7. The van der Waals surface area contributed by atoms with Crippen LogP contribution in [0, 0.1) is 0 Å². The van der Waals surface area contributed by atoms with Gasteiger partial charge >= 0.3 is 0 Å². The van der Waals surface area contributed by atoms with Crippen molar-refractivity contribution >= 4 is 9.84 Å². The lowest BCUT2D eigenvalue weighted by Gasteiger charge is -2.25. The molecule has 0 aliphatic heterocycles. The smallest absolute Gasteiger partial charge is 0.155 e. The third-order valence-corrected chi connectivity index (χ3v) is 5.42. The molecular formula is C11H24FNO2S. The maximum atomic E-state index is 14.1. The minimum absolute atomic E-state index is 0.00303. The molecule has 0 saturated heterocycles. The second-order valence-corrected chi connectivity index (χ2v) is 8.15. The van der Waals surface area contributed by atoms with Gasteiger partial charge in [-0.3, -0.25) is 0 Å². The van der Waals surface area contributed by atoms with E-state index in [9.17, 15) is 12.8 Å². The Balaban J connectivity index is 4.56. The molecule has 1 unspecified atom stereocenters. The van der Waals surface area contributed by atoms with Crippen LogP contribution in [-0.2, 0) is 9.84 Å². The zero-order valence-corrected chi connectivity index (χ0v) is 11.5. The fraction of sp³-hybridized carbons (Fsp3) is 1.00. The topological polar surface area (TPSA) is 60.2 Å². The second kappa shape index (κ2) is 5.45. The van der Waals surface area contributed by atoms with E-state index in [-0.39, 0.29) is 18.7 Å². The van der Waals surface area contributed by atoms with Gasteiger partial charge in [-0.05, 0) is 33.6 Å². The van der Waals surface area contributed by atoms with Crippen molar-refractivity contribution < 1.29 is 12.8 Å². The summed E-state index contributed by atoms with van der Waals surface area (Å²) >= 11 is 0. The standard InChI is InChI=1S/C11H24FNO2S/c1-5-6-11(12,9-13)7-8-16(14,15)10(2,3)4/h5-9,13H2,1-4H3. The molecule has 98 valence electrons. The van der Waals surface area contributed by atoms with Crippen molar-refractivity contribution in [2.75, 3.05) is 12.3 Å². The van der Waals surface area contributed by atoms with Gasteiger partial charge in [0.05, 0.1) is 10.5 Å². The highest BCUT2D eigenvalue weighted by atomic mass is 32.2. The molecule has 0 bridgehead atoms. The highest BCUT2D eigenvalue weighted by Crippen LogP contribution is 2.25. The maximum absolute atomic E-state index is 14.1. The summed E-state index contributed by atoms with van der Waals surface area (Å²) in [5.74, 6) is -0.135. The Hall–Kier alpha value is -0.160. The number of rotatable bonds is 6. The van der Waals surface area contributed by atoms with E-state index < -0.39 is 20.3 Å². The molecule has 0 aromatic heterocycles. The lowest BCUT2D eigenvalue weighted by atomic mass is 9.97. The normalized spacial score (nSPS) is 17.1. The highest BCUT2D eigenvalue weighted by molar-refractivity contribution is 7.92. The van der Waals surface area contributed by atoms with Gasteiger partial charge < -0.3 is 5.73 Å². The summed E-state index contributed by atoms with van der Waals surface area (Å²) in [5.41, 5.74) is 3.83. The van der Waals surface area contributed by atoms with Crippen LogP contribution in [0.2, 0.25) is 0 Å². The van der Waals surface area contributed by atoms with Crippen LogP contribution in [0.25, 0.3) is 0 Å². The first kappa shape index (κ1) is 15.8. The van der Waals surface area contributed by atoms with Crippen molar-refractivity contribution in [3.63, 3.8) is 0 Å². The van der Waals surface area contributed by atoms with Gasteiger partial charge in [0, 0.05) is 6.54 Å². The molecule has 16 heavy (non-hydrogen) atoms. The van der Waals surface area contributed by atoms with E-state index in [1.54, 1.807) is 20.8 Å². The molecule has 0 aliphatic rings. The van der Waals surface area contributed by atoms with Gasteiger partial charge in [-0.25, -0.2) is 12.8 Å². The molecule has 0 heterocycles. The van der Waals surface area contributed by atoms with Crippen molar-refractivity contribution in [3.8, 4) is 0 Å². The first-order valence-electron chi connectivity index (χ1n) is 5.69. The number of sulfone groups is 1. The summed E-state index contributed by atoms with van der Waals surface area (Å²) < 4.78 is 36.8. The van der Waals surface area contributed by atoms with Gasteiger partial charge in [-0.15, -0.1) is 0 Å². The fourth-order valence-corrected chi connectivity index (χ4v) is 2.65. The first-order valence-corrected chi connectivity index (χ1v) is 7.34. The molecule has 0 radical (unpaired) electrons. The summed E-state index contributed by atoms with van der Waals surface area (Å²) in [6, 6.07) is 0. The van der Waals surface area contributed by atoms with Crippen molar-refractivity contribution in [2.45, 2.75) is 57.4 Å². The van der Waals surface area contributed by atoms with Gasteiger partial charge in [0.25, 0.3) is 0 Å². The number of halogens is 1. The van der Waals surface area contributed by atoms with Gasteiger partial charge in [0.15, 0.2) is 9.84 Å². The summed E-state index contributed by atoms with van der Waals surface area (Å²) in [5, 5.41) is 0. The Bertz CT molecular complexity index is 308. The van der Waals surface area contributed by atoms with Gasteiger partial charge in [-0.2, -0.15) is 0 Å². The predicted octanol–water partition coefficient (Wildman–Crippen LogP) is 2.06. The minimum Gasteiger partial charge on any atom is -0.328 e. The molecule has 0 aliphatic carbocycles. The molecule has 0 fully saturated rings. The van der Waals surface area contributed by atoms with Crippen LogP contribution in [0.5, 0.6) is 0 Å². The van der Waals surface area contributed by atoms with Crippen LogP contribution in [0.4, 0.5) is 4.39 Å². The molecule has 5 heteroatoms. The van der Waals surface area contributed by atoms with Crippen molar-refractivity contribution in [2.24, 2.45) is 5.73 Å². The van der Waals surface area contributed by atoms with E-state index in [1.807, 2.05) is 6.92 Å². The average Bonchev–Trinajstić information content (AvgIpc) is 2.14. The lowest BCUT2D eigenvalue weighted by molar-refractivity contribution is 0.153. The number of nitrogens with two attached hydrogens (primary N) is 1. The molecule has 0 spiro atoms. The summed E-state index contributed by atoms with van der Waals surface area (Å²) in [7, 11) is -3.25. The number of hydrogen-bond donors (Lipinski definition) is 1. The van der Waals surface area contributed by atoms with E-state index >= 15 is 0 Å². The van der Waals surface area contributed by atoms with Crippen molar-refractivity contribution in [1.82, 2.24) is 0 Å². The molecular weight excluding hydrogens is 229 g/mol. The number of alkyl halides is 1. The molecule has 1 atom stereocenters. The molecule has 3 nitrogen and oxygen atoms in total. The predicted molar refractivity (Wildman–Crippen MR) is 66.0 cm³/mol. The van der Waals surface area contributed by atoms with Crippen molar-refractivity contribution in [1.29, 1.82) is 0 Å². The Morgan fingerprint density at radius 2 is 1.69 bits per heavy atom. The third kappa shape index (κ3) is 4.37. The Labute approximate surface area is 98.5 Å². The Morgan fingerprint density at radius 1 is 1.19 bits per heavy atom. The SMILES string of the molecule is CCCC(F)(CN)CCS(=O)(=O)C(C)(C)C. The Kier molecular flexibility index (Phi) is 5.39. The first-order chi connectivity index (χ1) is 7.08. The number of hydrogen-bond acceptors (Lipinski definition) is 3. The van der Waals surface area contributed by atoms with Crippen LogP contribution < -0.4 is 5.73 Å². The van der Waals surface area contributed by atoms with Crippen molar-refractivity contribution in [3.05, 3.63) is 0 Å². The zero-order chi connectivity index (χ0) is 13.0. The largest absolute Gasteiger partial charge is 0.328 e. The van der Waals surface area contributed by atoms with Crippen LogP contribution >= 0.6 is 0 Å². The molecule has 0 saturated carbocycles. The summed E-state index contributed by atoms with van der Waals surface area (Å²) in [6.45, 7) is 6.64. The van der Waals surface area contributed by atoms with E-state index in [4.69, 9.17) is 5.73 Å². The van der Waals surface area contributed by atoms with Gasteiger partial charge in [0.1, 0.15) is 5.67 Å². The van der Waals surface area contributed by atoms with Gasteiger partial charge in [0.2, 0.25) is 0 Å². The molecule has 0 aromatic carbocycles. The molecule has 0 aromatic rings. The van der Waals surface area contributed by atoms with E-state index in [0.29, 0.717) is 12.8 Å². The molecule has 2 N–H and O–H groups in total. The van der Waals surface area contributed by atoms with Crippen LogP contribution in [0.15, 0.2) is 0 Å². The third-order valence-electron chi connectivity index (χ3n) is 2.82. The van der Waals surface area contributed by atoms with Gasteiger partial charge in [-0.1, -0.05) is 13.3 Å². The Morgan fingerprint density at radius 3 is 2.00 bits per heavy atom. The maximum Gasteiger partial charge on any atom is 0.155 e. The quantitative estimate of drug-likeness (QED) is 0.788. The van der Waals surface area contributed by atoms with Crippen LogP contribution in [-0.4, -0.2) is 31.1 Å². The average molecular weight is 253 g/mol. The summed E-state index contributed by atoms with van der Waals surface area (Å²) in [6.07, 6.45) is 0.989. The molecule has 0 amide bonds. The van der Waals surface area contributed by atoms with E-state index in [2.05, 4.69) is 0 Å². The second-order valence-electron chi connectivity index (χ2n) is 5.29. The van der Waals surface area contributed by atoms with Crippen LogP contribution in [0.1, 0.15) is 47.0 Å². The summed E-state index contributed by atoms with van der Waals surface area (Å²) in [4.78, 5) is 0. The fourth-order valence-electron chi connectivity index (χ4n) is 1.40.